The summed E-state index contributed by atoms with van der Waals surface area (Å²) in [5.74, 6) is 1.86. The lowest BCUT2D eigenvalue weighted by atomic mass is 10.2. The number of amides is 1. The van der Waals surface area contributed by atoms with Gasteiger partial charge in [-0.05, 0) is 32.3 Å². The second-order valence-electron chi connectivity index (χ2n) is 6.26. The van der Waals surface area contributed by atoms with Crippen LogP contribution in [0.15, 0.2) is 4.79 Å². The van der Waals surface area contributed by atoms with Crippen molar-refractivity contribution in [1.82, 2.24) is 14.9 Å². The first-order chi connectivity index (χ1) is 11.6. The van der Waals surface area contributed by atoms with Crippen LogP contribution in [-0.4, -0.2) is 39.6 Å². The van der Waals surface area contributed by atoms with E-state index in [0.717, 1.165) is 41.2 Å². The predicted molar refractivity (Wildman–Crippen MR) is 101 cm³/mol. The first-order valence-corrected chi connectivity index (χ1v) is 10.4. The van der Waals surface area contributed by atoms with Crippen LogP contribution in [0, 0.1) is 13.8 Å². The number of nitrogens with one attached hydrogen (secondary N) is 1. The van der Waals surface area contributed by atoms with E-state index in [4.69, 9.17) is 0 Å². The third-order valence-electron chi connectivity index (χ3n) is 4.51. The summed E-state index contributed by atoms with van der Waals surface area (Å²) in [5.41, 5.74) is 0.940. The van der Waals surface area contributed by atoms with Crippen molar-refractivity contribution in [3.63, 3.8) is 0 Å². The molecular formula is C17H23N3O2S2. The number of rotatable bonds is 4. The smallest absolute Gasteiger partial charge is 0.259 e. The lowest BCUT2D eigenvalue weighted by Crippen LogP contribution is -2.33. The average molecular weight is 366 g/mol. The van der Waals surface area contributed by atoms with Crippen molar-refractivity contribution in [2.45, 2.75) is 45.3 Å². The molecule has 2 aromatic rings. The Morgan fingerprint density at radius 2 is 1.96 bits per heavy atom. The highest BCUT2D eigenvalue weighted by Crippen LogP contribution is 2.26. The summed E-state index contributed by atoms with van der Waals surface area (Å²) in [4.78, 5) is 35.8. The number of aromatic nitrogens is 2. The third kappa shape index (κ3) is 3.83. The zero-order valence-corrected chi connectivity index (χ0v) is 15.8. The Morgan fingerprint density at radius 3 is 2.67 bits per heavy atom. The number of hydrogen-bond acceptors (Lipinski definition) is 5. The Morgan fingerprint density at radius 1 is 1.25 bits per heavy atom. The van der Waals surface area contributed by atoms with E-state index in [1.807, 2.05) is 18.7 Å². The SMILES string of the molecule is Cc1sc2nc(CSCC(=O)N3CCCCCC3)[nH]c(=O)c2c1C. The first-order valence-electron chi connectivity index (χ1n) is 8.40. The van der Waals surface area contributed by atoms with Gasteiger partial charge < -0.3 is 9.88 Å². The van der Waals surface area contributed by atoms with Crippen molar-refractivity contribution in [3.8, 4) is 0 Å². The molecule has 0 bridgehead atoms. The molecule has 3 rings (SSSR count). The van der Waals surface area contributed by atoms with Gasteiger partial charge >= 0.3 is 0 Å². The number of likely N-dealkylation sites (tertiary alicyclic amines) is 1. The highest BCUT2D eigenvalue weighted by molar-refractivity contribution is 7.99. The van der Waals surface area contributed by atoms with Gasteiger partial charge in [-0.1, -0.05) is 12.8 Å². The van der Waals surface area contributed by atoms with E-state index in [0.29, 0.717) is 22.7 Å². The summed E-state index contributed by atoms with van der Waals surface area (Å²) >= 11 is 3.08. The molecule has 1 N–H and O–H groups in total. The topological polar surface area (TPSA) is 66.1 Å². The van der Waals surface area contributed by atoms with Crippen LogP contribution in [0.25, 0.3) is 10.2 Å². The molecule has 1 fully saturated rings. The second-order valence-corrected chi connectivity index (χ2v) is 8.45. The van der Waals surface area contributed by atoms with Gasteiger partial charge in [0.1, 0.15) is 10.7 Å². The maximum absolute atomic E-state index is 12.3. The Labute approximate surface area is 149 Å². The number of thioether (sulfide) groups is 1. The maximum Gasteiger partial charge on any atom is 0.259 e. The molecule has 7 heteroatoms. The summed E-state index contributed by atoms with van der Waals surface area (Å²) in [7, 11) is 0. The molecule has 0 saturated carbocycles. The van der Waals surface area contributed by atoms with Gasteiger partial charge in [0.2, 0.25) is 5.91 Å². The fourth-order valence-corrected chi connectivity index (χ4v) is 4.85. The molecule has 0 aliphatic carbocycles. The minimum absolute atomic E-state index is 0.0729. The van der Waals surface area contributed by atoms with Gasteiger partial charge in [0.15, 0.2) is 0 Å². The molecule has 3 heterocycles. The van der Waals surface area contributed by atoms with Gasteiger partial charge in [-0.25, -0.2) is 4.98 Å². The third-order valence-corrected chi connectivity index (χ3v) is 6.54. The van der Waals surface area contributed by atoms with Gasteiger partial charge in [0, 0.05) is 18.0 Å². The van der Waals surface area contributed by atoms with E-state index in [-0.39, 0.29) is 11.5 Å². The van der Waals surface area contributed by atoms with Crippen LogP contribution < -0.4 is 5.56 Å². The van der Waals surface area contributed by atoms with Crippen LogP contribution >= 0.6 is 23.1 Å². The van der Waals surface area contributed by atoms with E-state index < -0.39 is 0 Å². The number of aryl methyl sites for hydroxylation is 2. The molecular weight excluding hydrogens is 342 g/mol. The highest BCUT2D eigenvalue weighted by Gasteiger charge is 2.16. The standard InChI is InChI=1S/C17H23N3O2S2/c1-11-12(2)24-17-15(11)16(22)18-13(19-17)9-23-10-14(21)20-7-5-3-4-6-8-20/h3-10H2,1-2H3,(H,18,19,22). The summed E-state index contributed by atoms with van der Waals surface area (Å²) in [6.07, 6.45) is 4.67. The largest absolute Gasteiger partial charge is 0.342 e. The number of hydrogen-bond donors (Lipinski definition) is 1. The number of carbonyl (C=O) groups is 1. The Hall–Kier alpha value is -1.34. The molecule has 5 nitrogen and oxygen atoms in total. The molecule has 2 aromatic heterocycles. The van der Waals surface area contributed by atoms with Gasteiger partial charge in [-0.2, -0.15) is 0 Å². The van der Waals surface area contributed by atoms with Crippen LogP contribution in [0.2, 0.25) is 0 Å². The lowest BCUT2D eigenvalue weighted by molar-refractivity contribution is -0.128. The quantitative estimate of drug-likeness (QED) is 0.903. The summed E-state index contributed by atoms with van der Waals surface area (Å²) < 4.78 is 0. The molecule has 0 aromatic carbocycles. The fourth-order valence-electron chi connectivity index (χ4n) is 3.01. The summed E-state index contributed by atoms with van der Waals surface area (Å²) in [6, 6.07) is 0. The summed E-state index contributed by atoms with van der Waals surface area (Å²) in [6.45, 7) is 5.73. The highest BCUT2D eigenvalue weighted by atomic mass is 32.2. The maximum atomic E-state index is 12.3. The van der Waals surface area contributed by atoms with Crippen molar-refractivity contribution in [2.24, 2.45) is 0 Å². The number of fused-ring (bicyclic) bond motifs is 1. The van der Waals surface area contributed by atoms with E-state index in [1.165, 1.54) is 24.6 Å². The zero-order chi connectivity index (χ0) is 17.1. The Bertz CT molecular complexity index is 789. The van der Waals surface area contributed by atoms with Crippen molar-refractivity contribution >= 4 is 39.2 Å². The van der Waals surface area contributed by atoms with E-state index >= 15 is 0 Å². The number of aromatic amines is 1. The van der Waals surface area contributed by atoms with Crippen molar-refractivity contribution in [3.05, 3.63) is 26.6 Å². The second kappa shape index (κ2) is 7.70. The molecule has 1 aliphatic rings. The summed E-state index contributed by atoms with van der Waals surface area (Å²) in [5, 5.41) is 0.701. The molecule has 0 spiro atoms. The van der Waals surface area contributed by atoms with Gasteiger partial charge in [0.25, 0.3) is 5.56 Å². The van der Waals surface area contributed by atoms with Crippen molar-refractivity contribution in [2.75, 3.05) is 18.8 Å². The first kappa shape index (κ1) is 17.5. The molecule has 1 amide bonds. The van der Waals surface area contributed by atoms with Crippen molar-refractivity contribution in [1.29, 1.82) is 0 Å². The Balaban J connectivity index is 1.61. The molecule has 24 heavy (non-hydrogen) atoms. The molecule has 0 radical (unpaired) electrons. The number of thiophene rings is 1. The lowest BCUT2D eigenvalue weighted by Gasteiger charge is -2.19. The van der Waals surface area contributed by atoms with Crippen LogP contribution in [0.5, 0.6) is 0 Å². The molecule has 0 atom stereocenters. The van der Waals surface area contributed by atoms with Gasteiger partial charge in [-0.15, -0.1) is 23.1 Å². The monoisotopic (exact) mass is 365 g/mol. The van der Waals surface area contributed by atoms with Gasteiger partial charge in [-0.3, -0.25) is 9.59 Å². The number of nitrogens with zero attached hydrogens (tertiary/aromatic N) is 2. The van der Waals surface area contributed by atoms with E-state index in [9.17, 15) is 9.59 Å². The van der Waals surface area contributed by atoms with E-state index in [1.54, 1.807) is 11.3 Å². The predicted octanol–water partition coefficient (Wildman–Crippen LogP) is 3.24. The van der Waals surface area contributed by atoms with E-state index in [2.05, 4.69) is 9.97 Å². The molecule has 130 valence electrons. The minimum Gasteiger partial charge on any atom is -0.342 e. The fraction of sp³-hybridized carbons (Fsp3) is 0.588. The number of H-pyrrole nitrogens is 1. The minimum atomic E-state index is -0.0729. The van der Waals surface area contributed by atoms with Crippen LogP contribution in [-0.2, 0) is 10.5 Å². The molecule has 1 saturated heterocycles. The zero-order valence-electron chi connectivity index (χ0n) is 14.2. The van der Waals surface area contributed by atoms with Gasteiger partial charge in [0.05, 0.1) is 16.9 Å². The molecule has 0 unspecified atom stereocenters. The van der Waals surface area contributed by atoms with Crippen LogP contribution in [0.1, 0.15) is 41.9 Å². The Kier molecular flexibility index (Phi) is 5.61. The van der Waals surface area contributed by atoms with Crippen LogP contribution in [0.3, 0.4) is 0 Å². The normalized spacial score (nSPS) is 15.7. The van der Waals surface area contributed by atoms with Crippen molar-refractivity contribution < 1.29 is 4.79 Å². The average Bonchev–Trinajstić information content (AvgIpc) is 2.73. The molecule has 1 aliphatic heterocycles. The van der Waals surface area contributed by atoms with Crippen LogP contribution in [0.4, 0.5) is 0 Å². The number of carbonyl (C=O) groups excluding carboxylic acids is 1.